The van der Waals surface area contributed by atoms with E-state index < -0.39 is 5.97 Å². The van der Waals surface area contributed by atoms with Crippen molar-refractivity contribution in [2.24, 2.45) is 4.99 Å². The lowest BCUT2D eigenvalue weighted by molar-refractivity contribution is 0.0600. The molecule has 1 amide bonds. The SMILES string of the molecule is C=CCn1c(=NC(=O)c2ccc(OC(C)C)cc2)sc2cc(C(=O)OC)ccc21. The number of carbonyl (C=O) groups is 2. The topological polar surface area (TPSA) is 69.9 Å². The molecule has 1 aromatic heterocycles. The Morgan fingerprint density at radius 3 is 2.48 bits per heavy atom. The van der Waals surface area contributed by atoms with Gasteiger partial charge in [-0.1, -0.05) is 17.4 Å². The van der Waals surface area contributed by atoms with Crippen molar-refractivity contribution in [3.05, 3.63) is 71.0 Å². The van der Waals surface area contributed by atoms with Gasteiger partial charge in [-0.2, -0.15) is 4.99 Å². The highest BCUT2D eigenvalue weighted by atomic mass is 32.1. The van der Waals surface area contributed by atoms with Gasteiger partial charge >= 0.3 is 5.97 Å². The summed E-state index contributed by atoms with van der Waals surface area (Å²) in [5, 5.41) is 0. The standard InChI is InChI=1S/C22H22N2O4S/c1-5-12-24-18-11-8-16(21(26)27-4)13-19(18)29-22(24)23-20(25)15-6-9-17(10-7-15)28-14(2)3/h5-11,13-14H,1,12H2,2-4H3. The minimum absolute atomic E-state index is 0.0625. The molecule has 0 bridgehead atoms. The first-order chi connectivity index (χ1) is 13.9. The highest BCUT2D eigenvalue weighted by Crippen LogP contribution is 2.20. The lowest BCUT2D eigenvalue weighted by Crippen LogP contribution is -2.16. The fraction of sp³-hybridized carbons (Fsp3) is 0.227. The van der Waals surface area contributed by atoms with E-state index in [1.165, 1.54) is 18.4 Å². The molecule has 0 saturated carbocycles. The van der Waals surface area contributed by atoms with Gasteiger partial charge in [0.1, 0.15) is 5.75 Å². The quantitative estimate of drug-likeness (QED) is 0.451. The molecule has 3 rings (SSSR count). The van der Waals surface area contributed by atoms with E-state index in [0.29, 0.717) is 28.2 Å². The van der Waals surface area contributed by atoms with Crippen LogP contribution in [0.1, 0.15) is 34.6 Å². The number of amides is 1. The fourth-order valence-corrected chi connectivity index (χ4v) is 3.89. The zero-order valence-electron chi connectivity index (χ0n) is 16.5. The van der Waals surface area contributed by atoms with Gasteiger partial charge in [-0.3, -0.25) is 4.79 Å². The van der Waals surface area contributed by atoms with Crippen molar-refractivity contribution in [3.8, 4) is 5.75 Å². The molecule has 0 fully saturated rings. The van der Waals surface area contributed by atoms with E-state index in [2.05, 4.69) is 11.6 Å². The van der Waals surface area contributed by atoms with Crippen LogP contribution in [-0.2, 0) is 11.3 Å². The number of ether oxygens (including phenoxy) is 2. The lowest BCUT2D eigenvalue weighted by Gasteiger charge is -2.09. The largest absolute Gasteiger partial charge is 0.491 e. The Balaban J connectivity index is 2.01. The smallest absolute Gasteiger partial charge is 0.337 e. The number of fused-ring (bicyclic) bond motifs is 1. The number of benzene rings is 2. The van der Waals surface area contributed by atoms with Crippen LogP contribution in [0.3, 0.4) is 0 Å². The van der Waals surface area contributed by atoms with Crippen molar-refractivity contribution in [2.75, 3.05) is 7.11 Å². The van der Waals surface area contributed by atoms with Crippen LogP contribution in [0.2, 0.25) is 0 Å². The van der Waals surface area contributed by atoms with Crippen molar-refractivity contribution < 1.29 is 19.1 Å². The van der Waals surface area contributed by atoms with Gasteiger partial charge in [-0.25, -0.2) is 4.79 Å². The van der Waals surface area contributed by atoms with E-state index in [9.17, 15) is 9.59 Å². The van der Waals surface area contributed by atoms with Gasteiger partial charge in [0.2, 0.25) is 0 Å². The molecule has 0 unspecified atom stereocenters. The van der Waals surface area contributed by atoms with Gasteiger partial charge in [-0.05, 0) is 56.3 Å². The number of nitrogens with zero attached hydrogens (tertiary/aromatic N) is 2. The molecular weight excluding hydrogens is 388 g/mol. The maximum atomic E-state index is 12.7. The van der Waals surface area contributed by atoms with Crippen LogP contribution in [0.15, 0.2) is 60.1 Å². The first-order valence-corrected chi connectivity index (χ1v) is 9.93. The Bertz CT molecular complexity index is 1120. The van der Waals surface area contributed by atoms with Gasteiger partial charge < -0.3 is 14.0 Å². The molecule has 1 heterocycles. The number of carbonyl (C=O) groups excluding carboxylic acids is 2. The molecule has 7 heteroatoms. The lowest BCUT2D eigenvalue weighted by atomic mass is 10.2. The fourth-order valence-electron chi connectivity index (χ4n) is 2.81. The van der Waals surface area contributed by atoms with Crippen LogP contribution in [0, 0.1) is 0 Å². The number of aromatic nitrogens is 1. The summed E-state index contributed by atoms with van der Waals surface area (Å²) in [6, 6.07) is 12.2. The average molecular weight is 410 g/mol. The summed E-state index contributed by atoms with van der Waals surface area (Å²) in [7, 11) is 1.34. The van der Waals surface area contributed by atoms with Gasteiger partial charge in [0, 0.05) is 12.1 Å². The Labute approximate surface area is 172 Å². The van der Waals surface area contributed by atoms with Gasteiger partial charge in [0.05, 0.1) is 29.0 Å². The van der Waals surface area contributed by atoms with E-state index in [1.807, 2.05) is 24.5 Å². The monoisotopic (exact) mass is 410 g/mol. The molecule has 150 valence electrons. The first kappa shape index (κ1) is 20.5. The predicted octanol–water partition coefficient (Wildman–Crippen LogP) is 4.20. The Morgan fingerprint density at radius 1 is 1.17 bits per heavy atom. The summed E-state index contributed by atoms with van der Waals surface area (Å²) in [6.45, 7) is 8.16. The van der Waals surface area contributed by atoms with E-state index in [0.717, 1.165) is 10.2 Å². The van der Waals surface area contributed by atoms with Crippen LogP contribution in [-0.4, -0.2) is 29.7 Å². The third-order valence-electron chi connectivity index (χ3n) is 4.09. The number of hydrogen-bond acceptors (Lipinski definition) is 5. The maximum absolute atomic E-state index is 12.7. The number of methoxy groups -OCH3 is 1. The van der Waals surface area contributed by atoms with Crippen LogP contribution >= 0.6 is 11.3 Å². The summed E-state index contributed by atoms with van der Waals surface area (Å²) in [5.41, 5.74) is 1.79. The number of esters is 1. The second-order valence-electron chi connectivity index (χ2n) is 6.57. The molecule has 0 spiro atoms. The van der Waals surface area contributed by atoms with Crippen molar-refractivity contribution in [3.63, 3.8) is 0 Å². The minimum Gasteiger partial charge on any atom is -0.491 e. The summed E-state index contributed by atoms with van der Waals surface area (Å²) in [4.78, 5) is 29.3. The third-order valence-corrected chi connectivity index (χ3v) is 5.13. The molecule has 0 atom stereocenters. The first-order valence-electron chi connectivity index (χ1n) is 9.11. The second-order valence-corrected chi connectivity index (χ2v) is 7.58. The number of rotatable bonds is 6. The normalized spacial score (nSPS) is 11.7. The minimum atomic E-state index is -0.408. The highest BCUT2D eigenvalue weighted by Gasteiger charge is 2.12. The van der Waals surface area contributed by atoms with E-state index in [-0.39, 0.29) is 12.0 Å². The average Bonchev–Trinajstić information content (AvgIpc) is 3.04. The van der Waals surface area contributed by atoms with Crippen LogP contribution < -0.4 is 9.54 Å². The van der Waals surface area contributed by atoms with Gasteiger partial charge in [0.25, 0.3) is 5.91 Å². The second kappa shape index (κ2) is 8.87. The molecule has 6 nitrogen and oxygen atoms in total. The van der Waals surface area contributed by atoms with E-state index >= 15 is 0 Å². The molecule has 0 saturated heterocycles. The molecule has 0 aliphatic carbocycles. The predicted molar refractivity (Wildman–Crippen MR) is 113 cm³/mol. The number of hydrogen-bond donors (Lipinski definition) is 0. The Kier molecular flexibility index (Phi) is 6.29. The molecule has 0 aliphatic rings. The number of thiazole rings is 1. The Morgan fingerprint density at radius 2 is 1.86 bits per heavy atom. The Hall–Kier alpha value is -3.19. The van der Waals surface area contributed by atoms with Crippen molar-refractivity contribution in [2.45, 2.75) is 26.5 Å². The summed E-state index contributed by atoms with van der Waals surface area (Å²) in [6.07, 6.45) is 1.80. The van der Waals surface area contributed by atoms with Crippen LogP contribution in [0.4, 0.5) is 0 Å². The van der Waals surface area contributed by atoms with E-state index in [4.69, 9.17) is 9.47 Å². The van der Waals surface area contributed by atoms with E-state index in [1.54, 1.807) is 42.5 Å². The molecule has 0 N–H and O–H groups in total. The molecule has 0 aliphatic heterocycles. The van der Waals surface area contributed by atoms with Gasteiger partial charge in [-0.15, -0.1) is 6.58 Å². The zero-order chi connectivity index (χ0) is 21.0. The summed E-state index contributed by atoms with van der Waals surface area (Å²) < 4.78 is 13.1. The molecule has 2 aromatic carbocycles. The van der Waals surface area contributed by atoms with Crippen LogP contribution in [0.25, 0.3) is 10.2 Å². The summed E-state index contributed by atoms with van der Waals surface area (Å²) >= 11 is 1.34. The molecule has 29 heavy (non-hydrogen) atoms. The number of allylic oxidation sites excluding steroid dienone is 1. The molecular formula is C22H22N2O4S. The van der Waals surface area contributed by atoms with Crippen molar-refractivity contribution in [1.29, 1.82) is 0 Å². The molecule has 0 radical (unpaired) electrons. The van der Waals surface area contributed by atoms with Crippen molar-refractivity contribution in [1.82, 2.24) is 4.57 Å². The van der Waals surface area contributed by atoms with Gasteiger partial charge in [0.15, 0.2) is 4.80 Å². The molecule has 3 aromatic rings. The zero-order valence-corrected chi connectivity index (χ0v) is 17.4. The third kappa shape index (κ3) is 4.63. The highest BCUT2D eigenvalue weighted by molar-refractivity contribution is 7.16. The summed E-state index contributed by atoms with van der Waals surface area (Å²) in [5.74, 6) is -0.0528. The maximum Gasteiger partial charge on any atom is 0.337 e. The van der Waals surface area contributed by atoms with Crippen LogP contribution in [0.5, 0.6) is 5.75 Å². The van der Waals surface area contributed by atoms with Crippen molar-refractivity contribution >= 4 is 33.4 Å².